The Morgan fingerprint density at radius 1 is 1.43 bits per heavy atom. The zero-order valence-corrected chi connectivity index (χ0v) is 9.98. The van der Waals surface area contributed by atoms with Crippen LogP contribution in [0.5, 0.6) is 0 Å². The lowest BCUT2D eigenvalue weighted by Crippen LogP contribution is -3.04. The van der Waals surface area contributed by atoms with E-state index >= 15 is 0 Å². The highest BCUT2D eigenvalue weighted by Gasteiger charge is 2.36. The first-order valence-corrected chi connectivity index (χ1v) is 5.27. The summed E-state index contributed by atoms with van der Waals surface area (Å²) in [5.74, 6) is 0.268. The summed E-state index contributed by atoms with van der Waals surface area (Å²) in [6.07, 6.45) is 3.90. The molecule has 80 valence electrons. The molecule has 14 heavy (non-hydrogen) atoms. The number of Topliss-reactive ketones (excluding diaryl/α,β-unsaturated/α-hetero) is 1. The van der Waals surface area contributed by atoms with Crippen LogP contribution in [0, 0.1) is 0 Å². The standard InChI is InChI=1S/C12H21NO/c1-9(14)6-10-7-11(2,3)13-12(4,5)8-10/h7,13H,6,8H2,1-5H3/p+1. The molecule has 0 radical (unpaired) electrons. The predicted molar refractivity (Wildman–Crippen MR) is 58.1 cm³/mol. The summed E-state index contributed by atoms with van der Waals surface area (Å²) >= 11 is 0. The topological polar surface area (TPSA) is 33.7 Å². The smallest absolute Gasteiger partial charge is 0.133 e. The molecule has 1 heterocycles. The lowest BCUT2D eigenvalue weighted by atomic mass is 9.82. The molecule has 0 bridgehead atoms. The van der Waals surface area contributed by atoms with Crippen molar-refractivity contribution in [1.82, 2.24) is 0 Å². The first-order valence-electron chi connectivity index (χ1n) is 5.27. The van der Waals surface area contributed by atoms with Crippen molar-refractivity contribution >= 4 is 5.78 Å². The molecule has 0 aromatic heterocycles. The maximum Gasteiger partial charge on any atom is 0.133 e. The molecule has 1 aliphatic heterocycles. The van der Waals surface area contributed by atoms with Crippen LogP contribution in [0.3, 0.4) is 0 Å². The second-order valence-electron chi connectivity index (χ2n) is 5.81. The van der Waals surface area contributed by atoms with Gasteiger partial charge in [-0.3, -0.25) is 4.79 Å². The van der Waals surface area contributed by atoms with Gasteiger partial charge in [0.15, 0.2) is 0 Å². The quantitative estimate of drug-likeness (QED) is 0.666. The van der Waals surface area contributed by atoms with E-state index in [0.717, 1.165) is 6.42 Å². The van der Waals surface area contributed by atoms with E-state index in [-0.39, 0.29) is 16.9 Å². The molecule has 2 nitrogen and oxygen atoms in total. The summed E-state index contributed by atoms with van der Waals surface area (Å²) in [4.78, 5) is 11.1. The number of ketones is 1. The summed E-state index contributed by atoms with van der Waals surface area (Å²) in [5.41, 5.74) is 1.66. The first kappa shape index (κ1) is 11.4. The van der Waals surface area contributed by atoms with Gasteiger partial charge in [-0.2, -0.15) is 0 Å². The number of carbonyl (C=O) groups is 1. The molecule has 0 spiro atoms. The van der Waals surface area contributed by atoms with Crippen molar-refractivity contribution < 1.29 is 10.1 Å². The molecular weight excluding hydrogens is 174 g/mol. The molecule has 0 amide bonds. The van der Waals surface area contributed by atoms with Gasteiger partial charge in [-0.25, -0.2) is 0 Å². The second kappa shape index (κ2) is 3.50. The monoisotopic (exact) mass is 196 g/mol. The number of hydrogen-bond donors (Lipinski definition) is 1. The fourth-order valence-corrected chi connectivity index (χ4v) is 2.70. The Morgan fingerprint density at radius 3 is 2.43 bits per heavy atom. The number of nitrogens with two attached hydrogens (primary N) is 1. The van der Waals surface area contributed by atoms with Crippen LogP contribution in [0.4, 0.5) is 0 Å². The van der Waals surface area contributed by atoms with E-state index in [2.05, 4.69) is 39.1 Å². The Bertz CT molecular complexity index is 274. The Balaban J connectivity index is 2.85. The van der Waals surface area contributed by atoms with Crippen LogP contribution in [0.1, 0.15) is 47.5 Å². The van der Waals surface area contributed by atoms with E-state index in [9.17, 15) is 4.79 Å². The van der Waals surface area contributed by atoms with Crippen LogP contribution in [-0.4, -0.2) is 16.9 Å². The van der Waals surface area contributed by atoms with E-state index in [1.54, 1.807) is 6.92 Å². The van der Waals surface area contributed by atoms with Gasteiger partial charge in [-0.15, -0.1) is 0 Å². The SMILES string of the molecule is CC(=O)CC1=CC(C)(C)[NH2+]C(C)(C)C1. The van der Waals surface area contributed by atoms with Crippen molar-refractivity contribution in [1.29, 1.82) is 0 Å². The minimum atomic E-state index is 0.131. The number of hydrogen-bond acceptors (Lipinski definition) is 1. The zero-order chi connectivity index (χ0) is 11.0. The van der Waals surface area contributed by atoms with Crippen LogP contribution >= 0.6 is 0 Å². The van der Waals surface area contributed by atoms with Gasteiger partial charge in [0.05, 0.1) is 5.54 Å². The maximum absolute atomic E-state index is 11.1. The third kappa shape index (κ3) is 3.26. The average molecular weight is 196 g/mol. The lowest BCUT2D eigenvalue weighted by molar-refractivity contribution is -0.771. The van der Waals surface area contributed by atoms with Crippen molar-refractivity contribution in [3.05, 3.63) is 11.6 Å². The van der Waals surface area contributed by atoms with Gasteiger partial charge in [0.25, 0.3) is 0 Å². The maximum atomic E-state index is 11.1. The molecule has 0 saturated heterocycles. The molecule has 2 N–H and O–H groups in total. The van der Waals surface area contributed by atoms with E-state index in [4.69, 9.17) is 0 Å². The van der Waals surface area contributed by atoms with Crippen LogP contribution in [-0.2, 0) is 4.79 Å². The van der Waals surface area contributed by atoms with Crippen molar-refractivity contribution in [3.8, 4) is 0 Å². The largest absolute Gasteiger partial charge is 0.334 e. The molecule has 0 unspecified atom stereocenters. The number of quaternary nitrogens is 1. The lowest BCUT2D eigenvalue weighted by Gasteiger charge is -2.37. The molecule has 0 aromatic rings. The van der Waals surface area contributed by atoms with Gasteiger partial charge in [-0.05, 0) is 40.7 Å². The molecule has 0 aliphatic carbocycles. The highest BCUT2D eigenvalue weighted by atomic mass is 16.1. The van der Waals surface area contributed by atoms with Gasteiger partial charge in [0.2, 0.25) is 0 Å². The second-order valence-corrected chi connectivity index (χ2v) is 5.81. The summed E-state index contributed by atoms with van der Waals surface area (Å²) in [6, 6.07) is 0. The molecular formula is C12H22NO+. The minimum Gasteiger partial charge on any atom is -0.334 e. The molecule has 0 fully saturated rings. The molecule has 1 rings (SSSR count). The highest BCUT2D eigenvalue weighted by Crippen LogP contribution is 2.23. The third-order valence-electron chi connectivity index (χ3n) is 2.50. The van der Waals surface area contributed by atoms with Crippen molar-refractivity contribution in [3.63, 3.8) is 0 Å². The van der Waals surface area contributed by atoms with Crippen LogP contribution in [0.15, 0.2) is 11.6 Å². The summed E-state index contributed by atoms with van der Waals surface area (Å²) in [6.45, 7) is 10.5. The zero-order valence-electron chi connectivity index (χ0n) is 9.98. The highest BCUT2D eigenvalue weighted by molar-refractivity contribution is 5.78. The summed E-state index contributed by atoms with van der Waals surface area (Å²) in [5, 5.41) is 2.38. The molecule has 0 aromatic carbocycles. The van der Waals surface area contributed by atoms with Gasteiger partial charge < -0.3 is 5.32 Å². The summed E-state index contributed by atoms with van der Waals surface area (Å²) < 4.78 is 0. The Hall–Kier alpha value is -0.630. The molecule has 0 saturated carbocycles. The van der Waals surface area contributed by atoms with E-state index in [0.29, 0.717) is 6.42 Å². The summed E-state index contributed by atoms with van der Waals surface area (Å²) in [7, 11) is 0. The van der Waals surface area contributed by atoms with Gasteiger partial charge in [-0.1, -0.05) is 5.57 Å². The normalized spacial score (nSPS) is 24.2. The average Bonchev–Trinajstić information content (AvgIpc) is 1.74. The van der Waals surface area contributed by atoms with Crippen LogP contribution in [0.25, 0.3) is 0 Å². The van der Waals surface area contributed by atoms with Gasteiger partial charge >= 0.3 is 0 Å². The minimum absolute atomic E-state index is 0.131. The molecule has 2 heteroatoms. The third-order valence-corrected chi connectivity index (χ3v) is 2.50. The van der Waals surface area contributed by atoms with E-state index in [1.807, 2.05) is 0 Å². The predicted octanol–water partition coefficient (Wildman–Crippen LogP) is 1.42. The Morgan fingerprint density at radius 2 is 2.00 bits per heavy atom. The van der Waals surface area contributed by atoms with E-state index in [1.165, 1.54) is 5.57 Å². The van der Waals surface area contributed by atoms with Crippen molar-refractivity contribution in [2.45, 2.75) is 58.5 Å². The molecule has 0 atom stereocenters. The van der Waals surface area contributed by atoms with Crippen molar-refractivity contribution in [2.75, 3.05) is 0 Å². The van der Waals surface area contributed by atoms with E-state index < -0.39 is 0 Å². The number of rotatable bonds is 2. The van der Waals surface area contributed by atoms with Crippen molar-refractivity contribution in [2.24, 2.45) is 0 Å². The fourth-order valence-electron chi connectivity index (χ4n) is 2.70. The van der Waals surface area contributed by atoms with Crippen LogP contribution in [0.2, 0.25) is 0 Å². The molecule has 1 aliphatic rings. The van der Waals surface area contributed by atoms with Gasteiger partial charge in [0.1, 0.15) is 11.3 Å². The van der Waals surface area contributed by atoms with Gasteiger partial charge in [0, 0.05) is 12.8 Å². The first-order chi connectivity index (χ1) is 6.20. The van der Waals surface area contributed by atoms with Crippen LogP contribution < -0.4 is 5.32 Å². The number of carbonyl (C=O) groups excluding carboxylic acids is 1. The fraction of sp³-hybridized carbons (Fsp3) is 0.750. The Labute approximate surface area is 86.8 Å². The Kier molecular flexibility index (Phi) is 2.86.